The van der Waals surface area contributed by atoms with Crippen LogP contribution in [0.3, 0.4) is 0 Å². The average molecular weight is 339 g/mol. The van der Waals surface area contributed by atoms with E-state index in [2.05, 4.69) is 21.1 Å². The van der Waals surface area contributed by atoms with Crippen LogP contribution in [0.15, 0.2) is 39.3 Å². The lowest BCUT2D eigenvalue weighted by atomic mass is 10.2. The van der Waals surface area contributed by atoms with E-state index >= 15 is 0 Å². The maximum absolute atomic E-state index is 12.2. The van der Waals surface area contributed by atoms with E-state index in [9.17, 15) is 4.79 Å². The summed E-state index contributed by atoms with van der Waals surface area (Å²) in [6.45, 7) is 0.806. The lowest BCUT2D eigenvalue weighted by molar-refractivity contribution is 0.0774. The van der Waals surface area contributed by atoms with Crippen LogP contribution in [0.25, 0.3) is 0 Å². The molecule has 1 aromatic heterocycles. The predicted molar refractivity (Wildman–Crippen MR) is 77.2 cm³/mol. The second-order valence-corrected chi connectivity index (χ2v) is 5.32. The Morgan fingerprint density at radius 1 is 1.45 bits per heavy atom. The second-order valence-electron chi connectivity index (χ2n) is 4.40. The fraction of sp³-hybridized carbons (Fsp3) is 0.286. The van der Waals surface area contributed by atoms with Gasteiger partial charge in [-0.1, -0.05) is 33.2 Å². The zero-order valence-corrected chi connectivity index (χ0v) is 12.9. The molecule has 2 rings (SSSR count). The molecule has 106 valence electrons. The average Bonchev–Trinajstić information content (AvgIpc) is 2.87. The van der Waals surface area contributed by atoms with Gasteiger partial charge in [0, 0.05) is 31.2 Å². The lowest BCUT2D eigenvalue weighted by Gasteiger charge is -2.15. The second kappa shape index (κ2) is 6.67. The number of hydrogen-bond donors (Lipinski definition) is 0. The number of aromatic nitrogens is 1. The number of ether oxygens (including phenoxy) is 1. The molecule has 0 bridgehead atoms. The molecule has 20 heavy (non-hydrogen) atoms. The summed E-state index contributed by atoms with van der Waals surface area (Å²) in [5, 5.41) is 3.76. The van der Waals surface area contributed by atoms with Gasteiger partial charge >= 0.3 is 0 Å². The highest BCUT2D eigenvalue weighted by atomic mass is 79.9. The van der Waals surface area contributed by atoms with Crippen LogP contribution in [-0.2, 0) is 17.9 Å². The molecule has 5 nitrogen and oxygen atoms in total. The number of carbonyl (C=O) groups is 1. The molecule has 0 spiro atoms. The van der Waals surface area contributed by atoms with Crippen LogP contribution >= 0.6 is 15.9 Å². The van der Waals surface area contributed by atoms with Crippen molar-refractivity contribution < 1.29 is 14.1 Å². The summed E-state index contributed by atoms with van der Waals surface area (Å²) < 4.78 is 10.9. The Labute approximate surface area is 125 Å². The summed E-state index contributed by atoms with van der Waals surface area (Å²) in [4.78, 5) is 13.8. The van der Waals surface area contributed by atoms with Gasteiger partial charge in [0.15, 0.2) is 11.5 Å². The summed E-state index contributed by atoms with van der Waals surface area (Å²) >= 11 is 3.41. The fourth-order valence-corrected chi connectivity index (χ4v) is 2.25. The first-order valence-corrected chi connectivity index (χ1v) is 6.84. The maximum atomic E-state index is 12.2. The van der Waals surface area contributed by atoms with Gasteiger partial charge in [-0.15, -0.1) is 0 Å². The van der Waals surface area contributed by atoms with Crippen LogP contribution in [-0.4, -0.2) is 30.1 Å². The molecule has 0 aliphatic rings. The minimum atomic E-state index is -0.184. The number of nitrogens with zero attached hydrogens (tertiary/aromatic N) is 2. The van der Waals surface area contributed by atoms with Gasteiger partial charge in [-0.2, -0.15) is 0 Å². The van der Waals surface area contributed by atoms with Crippen molar-refractivity contribution in [1.29, 1.82) is 0 Å². The normalized spacial score (nSPS) is 10.6. The molecule has 0 fully saturated rings. The van der Waals surface area contributed by atoms with Crippen molar-refractivity contribution in [3.63, 3.8) is 0 Å². The molecule has 0 saturated carbocycles. The zero-order valence-electron chi connectivity index (χ0n) is 11.3. The van der Waals surface area contributed by atoms with Gasteiger partial charge in [0.2, 0.25) is 0 Å². The molecule has 0 unspecified atom stereocenters. The first kappa shape index (κ1) is 14.7. The topological polar surface area (TPSA) is 55.6 Å². The molecule has 0 atom stereocenters. The monoisotopic (exact) mass is 338 g/mol. The Bertz CT molecular complexity index is 598. The van der Waals surface area contributed by atoms with Crippen molar-refractivity contribution >= 4 is 21.8 Å². The summed E-state index contributed by atoms with van der Waals surface area (Å²) in [7, 11) is 3.29. The number of carbonyl (C=O) groups excluding carboxylic acids is 1. The third-order valence-electron chi connectivity index (χ3n) is 2.72. The van der Waals surface area contributed by atoms with E-state index in [1.165, 1.54) is 0 Å². The summed E-state index contributed by atoms with van der Waals surface area (Å²) in [5.41, 5.74) is 1.32. The van der Waals surface area contributed by atoms with Crippen LogP contribution in [0, 0.1) is 0 Å². The fourth-order valence-electron chi connectivity index (χ4n) is 1.80. The predicted octanol–water partition coefficient (Wildman–Crippen LogP) is 2.86. The van der Waals surface area contributed by atoms with E-state index < -0.39 is 0 Å². The Hall–Kier alpha value is -1.66. The molecule has 1 heterocycles. The van der Waals surface area contributed by atoms with Crippen LogP contribution in [0.5, 0.6) is 0 Å². The molecular weight excluding hydrogens is 324 g/mol. The van der Waals surface area contributed by atoms with Crippen molar-refractivity contribution in [2.45, 2.75) is 13.2 Å². The molecule has 2 aromatic rings. The maximum Gasteiger partial charge on any atom is 0.276 e. The van der Waals surface area contributed by atoms with Gasteiger partial charge in [-0.25, -0.2) is 0 Å². The smallest absolute Gasteiger partial charge is 0.276 e. The van der Waals surface area contributed by atoms with Crippen LogP contribution < -0.4 is 0 Å². The lowest BCUT2D eigenvalue weighted by Crippen LogP contribution is -2.26. The SMILES string of the molecule is COCc1cc(C(=O)N(C)Cc2cccc(Br)c2)no1. The Balaban J connectivity index is 2.04. The minimum absolute atomic E-state index is 0.184. The van der Waals surface area contributed by atoms with Crippen molar-refractivity contribution in [2.24, 2.45) is 0 Å². The largest absolute Gasteiger partial charge is 0.377 e. The van der Waals surface area contributed by atoms with E-state index in [4.69, 9.17) is 9.26 Å². The van der Waals surface area contributed by atoms with Crippen molar-refractivity contribution in [3.8, 4) is 0 Å². The van der Waals surface area contributed by atoms with Gasteiger partial charge in [-0.3, -0.25) is 4.79 Å². The highest BCUT2D eigenvalue weighted by Crippen LogP contribution is 2.14. The zero-order chi connectivity index (χ0) is 14.5. The third kappa shape index (κ3) is 3.68. The van der Waals surface area contributed by atoms with Crippen LogP contribution in [0.1, 0.15) is 21.8 Å². The molecule has 1 amide bonds. The highest BCUT2D eigenvalue weighted by molar-refractivity contribution is 9.10. The van der Waals surface area contributed by atoms with Gasteiger partial charge < -0.3 is 14.2 Å². The molecule has 1 aromatic carbocycles. The number of amides is 1. The molecular formula is C14H15BrN2O3. The van der Waals surface area contributed by atoms with Crippen molar-refractivity contribution in [1.82, 2.24) is 10.1 Å². The number of halogens is 1. The van der Waals surface area contributed by atoms with E-state index in [0.29, 0.717) is 18.9 Å². The standard InChI is InChI=1S/C14H15BrN2O3/c1-17(8-10-4-3-5-11(15)6-10)14(18)13-7-12(9-19-2)20-16-13/h3-7H,8-9H2,1-2H3. The number of hydrogen-bond acceptors (Lipinski definition) is 4. The summed E-state index contributed by atoms with van der Waals surface area (Å²) in [6.07, 6.45) is 0. The van der Waals surface area contributed by atoms with Gasteiger partial charge in [0.1, 0.15) is 6.61 Å². The first-order chi connectivity index (χ1) is 9.60. The Kier molecular flexibility index (Phi) is 4.92. The van der Waals surface area contributed by atoms with Crippen molar-refractivity contribution in [3.05, 3.63) is 51.8 Å². The molecule has 0 aliphatic heterocycles. The summed E-state index contributed by atoms with van der Waals surface area (Å²) in [5.74, 6) is 0.350. The third-order valence-corrected chi connectivity index (χ3v) is 3.21. The number of rotatable bonds is 5. The Morgan fingerprint density at radius 2 is 2.25 bits per heavy atom. The number of methoxy groups -OCH3 is 1. The summed E-state index contributed by atoms with van der Waals surface area (Å²) in [6, 6.07) is 9.42. The van der Waals surface area contributed by atoms with Gasteiger partial charge in [0.25, 0.3) is 5.91 Å². The van der Waals surface area contributed by atoms with Crippen LogP contribution in [0.4, 0.5) is 0 Å². The molecule has 0 radical (unpaired) electrons. The number of benzene rings is 1. The highest BCUT2D eigenvalue weighted by Gasteiger charge is 2.17. The van der Waals surface area contributed by atoms with E-state index in [-0.39, 0.29) is 11.6 Å². The van der Waals surface area contributed by atoms with Crippen LogP contribution in [0.2, 0.25) is 0 Å². The van der Waals surface area contributed by atoms with E-state index in [1.54, 1.807) is 25.1 Å². The quantitative estimate of drug-likeness (QED) is 0.841. The van der Waals surface area contributed by atoms with Crippen molar-refractivity contribution in [2.75, 3.05) is 14.2 Å². The molecule has 0 aliphatic carbocycles. The van der Waals surface area contributed by atoms with Gasteiger partial charge in [0.05, 0.1) is 0 Å². The molecule has 0 N–H and O–H groups in total. The Morgan fingerprint density at radius 3 is 2.95 bits per heavy atom. The molecule has 0 saturated heterocycles. The van der Waals surface area contributed by atoms with E-state index in [0.717, 1.165) is 10.0 Å². The molecule has 6 heteroatoms. The first-order valence-electron chi connectivity index (χ1n) is 6.04. The van der Waals surface area contributed by atoms with E-state index in [1.807, 2.05) is 24.3 Å². The van der Waals surface area contributed by atoms with Gasteiger partial charge in [-0.05, 0) is 17.7 Å². The minimum Gasteiger partial charge on any atom is -0.377 e.